The second-order valence-corrected chi connectivity index (χ2v) is 4.60. The highest BCUT2D eigenvalue weighted by atomic mass is 35.5. The molecule has 0 atom stereocenters. The Kier molecular flexibility index (Phi) is 4.39. The van der Waals surface area contributed by atoms with Gasteiger partial charge in [0.1, 0.15) is 5.82 Å². The second-order valence-electron chi connectivity index (χ2n) is 4.34. The molecular weight excluding hydrogens is 280 g/mol. The van der Waals surface area contributed by atoms with Crippen LogP contribution >= 0.6 is 11.6 Å². The predicted octanol–water partition coefficient (Wildman–Crippen LogP) is 2.54. The van der Waals surface area contributed by atoms with Crippen LogP contribution in [0.4, 0.5) is 0 Å². The molecular formula is C14H15ClN2O3. The van der Waals surface area contributed by atoms with Crippen molar-refractivity contribution in [2.24, 2.45) is 0 Å². The number of carbonyl (C=O) groups excluding carboxylic acids is 2. The van der Waals surface area contributed by atoms with E-state index in [1.807, 2.05) is 6.92 Å². The number of nitrogens with zero attached hydrogens (tertiary/aromatic N) is 2. The summed E-state index contributed by atoms with van der Waals surface area (Å²) in [6.07, 6.45) is 0.443. The number of esters is 1. The van der Waals surface area contributed by atoms with Crippen LogP contribution in [0.5, 0.6) is 0 Å². The smallest absolute Gasteiger partial charge is 0.337 e. The maximum atomic E-state index is 11.7. The molecule has 20 heavy (non-hydrogen) atoms. The summed E-state index contributed by atoms with van der Waals surface area (Å²) in [5, 5.41) is 0. The number of imidazole rings is 1. The van der Waals surface area contributed by atoms with E-state index in [2.05, 4.69) is 4.98 Å². The van der Waals surface area contributed by atoms with Crippen LogP contribution < -0.4 is 0 Å². The highest BCUT2D eigenvalue weighted by Gasteiger charge is 2.15. The molecule has 0 unspecified atom stereocenters. The first-order valence-corrected chi connectivity index (χ1v) is 6.79. The Morgan fingerprint density at radius 2 is 2.15 bits per heavy atom. The molecule has 1 heterocycles. The van der Waals surface area contributed by atoms with Crippen LogP contribution in [0.2, 0.25) is 0 Å². The standard InChI is InChI=1S/C14H15ClN2O3/c1-3-10(18)8-17-12-6-9(14(19)20-2)4-5-11(12)16-13(17)7-15/h4-6H,3,7-8H2,1-2H3. The molecule has 0 bridgehead atoms. The lowest BCUT2D eigenvalue weighted by Gasteiger charge is -2.06. The van der Waals surface area contributed by atoms with Gasteiger partial charge >= 0.3 is 5.97 Å². The molecule has 0 saturated carbocycles. The van der Waals surface area contributed by atoms with Crippen LogP contribution in [0.1, 0.15) is 29.5 Å². The van der Waals surface area contributed by atoms with Gasteiger partial charge in [0, 0.05) is 6.42 Å². The number of hydrogen-bond donors (Lipinski definition) is 0. The number of carbonyl (C=O) groups is 2. The molecule has 2 rings (SSSR count). The summed E-state index contributed by atoms with van der Waals surface area (Å²) in [6.45, 7) is 2.02. The highest BCUT2D eigenvalue weighted by molar-refractivity contribution is 6.17. The maximum absolute atomic E-state index is 11.7. The van der Waals surface area contributed by atoms with Gasteiger partial charge < -0.3 is 9.30 Å². The third kappa shape index (κ3) is 2.67. The fourth-order valence-electron chi connectivity index (χ4n) is 1.98. The molecule has 0 saturated heterocycles. The van der Waals surface area contributed by atoms with Crippen molar-refractivity contribution in [3.05, 3.63) is 29.6 Å². The molecule has 0 radical (unpaired) electrons. The van der Waals surface area contributed by atoms with E-state index in [0.29, 0.717) is 28.8 Å². The van der Waals surface area contributed by atoms with Crippen molar-refractivity contribution in [3.8, 4) is 0 Å². The van der Waals surface area contributed by atoms with Gasteiger partial charge in [0.2, 0.25) is 0 Å². The maximum Gasteiger partial charge on any atom is 0.337 e. The van der Waals surface area contributed by atoms with Gasteiger partial charge in [-0.25, -0.2) is 9.78 Å². The van der Waals surface area contributed by atoms with Gasteiger partial charge in [-0.15, -0.1) is 11.6 Å². The molecule has 0 amide bonds. The van der Waals surface area contributed by atoms with Gasteiger partial charge in [0.15, 0.2) is 5.78 Å². The monoisotopic (exact) mass is 294 g/mol. The average Bonchev–Trinajstić information content (AvgIpc) is 2.83. The number of ketones is 1. The largest absolute Gasteiger partial charge is 0.465 e. The second kappa shape index (κ2) is 6.05. The zero-order valence-corrected chi connectivity index (χ0v) is 12.1. The topological polar surface area (TPSA) is 61.2 Å². The highest BCUT2D eigenvalue weighted by Crippen LogP contribution is 2.20. The van der Waals surface area contributed by atoms with Crippen LogP contribution in [-0.4, -0.2) is 28.4 Å². The van der Waals surface area contributed by atoms with E-state index >= 15 is 0 Å². The van der Waals surface area contributed by atoms with Crippen LogP contribution in [0.15, 0.2) is 18.2 Å². The van der Waals surface area contributed by atoms with Gasteiger partial charge in [0.05, 0.1) is 36.1 Å². The Morgan fingerprint density at radius 1 is 1.40 bits per heavy atom. The number of Topliss-reactive ketones (excluding diaryl/α,β-unsaturated/α-hetero) is 1. The number of benzene rings is 1. The molecule has 2 aromatic rings. The van der Waals surface area contributed by atoms with Crippen molar-refractivity contribution >= 4 is 34.4 Å². The molecule has 0 aliphatic carbocycles. The molecule has 0 fully saturated rings. The van der Waals surface area contributed by atoms with E-state index in [0.717, 1.165) is 0 Å². The molecule has 1 aromatic carbocycles. The van der Waals surface area contributed by atoms with Crippen molar-refractivity contribution in [1.82, 2.24) is 9.55 Å². The number of rotatable bonds is 5. The summed E-state index contributed by atoms with van der Waals surface area (Å²) in [7, 11) is 1.33. The van der Waals surface area contributed by atoms with E-state index in [9.17, 15) is 9.59 Å². The zero-order chi connectivity index (χ0) is 14.7. The van der Waals surface area contributed by atoms with Crippen molar-refractivity contribution in [1.29, 1.82) is 0 Å². The quantitative estimate of drug-likeness (QED) is 0.628. The molecule has 0 spiro atoms. The summed E-state index contributed by atoms with van der Waals surface area (Å²) in [5.41, 5.74) is 1.84. The molecule has 6 heteroatoms. The number of alkyl halides is 1. The Labute approximate surface area is 121 Å². The molecule has 5 nitrogen and oxygen atoms in total. The van der Waals surface area contributed by atoms with Crippen LogP contribution in [-0.2, 0) is 22.0 Å². The van der Waals surface area contributed by atoms with Gasteiger partial charge in [-0.1, -0.05) is 6.92 Å². The van der Waals surface area contributed by atoms with Gasteiger partial charge in [0.25, 0.3) is 0 Å². The summed E-state index contributed by atoms with van der Waals surface area (Å²) in [4.78, 5) is 27.6. The Balaban J connectivity index is 2.56. The number of aromatic nitrogens is 2. The van der Waals surface area contributed by atoms with E-state index in [1.54, 1.807) is 22.8 Å². The Bertz CT molecular complexity index is 664. The van der Waals surface area contributed by atoms with Gasteiger partial charge in [-0.2, -0.15) is 0 Å². The van der Waals surface area contributed by atoms with Gasteiger partial charge in [-0.3, -0.25) is 4.79 Å². The SMILES string of the molecule is CCC(=O)Cn1c(CCl)nc2ccc(C(=O)OC)cc21. The lowest BCUT2D eigenvalue weighted by Crippen LogP contribution is -2.11. The molecule has 1 aromatic heterocycles. The summed E-state index contributed by atoms with van der Waals surface area (Å²) in [6, 6.07) is 5.04. The van der Waals surface area contributed by atoms with Crippen molar-refractivity contribution in [2.45, 2.75) is 25.8 Å². The van der Waals surface area contributed by atoms with E-state index in [4.69, 9.17) is 16.3 Å². The molecule has 106 valence electrons. The van der Waals surface area contributed by atoms with Crippen molar-refractivity contribution < 1.29 is 14.3 Å². The molecule has 0 aliphatic heterocycles. The lowest BCUT2D eigenvalue weighted by molar-refractivity contribution is -0.119. The Hall–Kier alpha value is -1.88. The van der Waals surface area contributed by atoms with Crippen LogP contribution in [0.25, 0.3) is 11.0 Å². The Morgan fingerprint density at radius 3 is 2.75 bits per heavy atom. The third-order valence-electron chi connectivity index (χ3n) is 3.10. The first-order valence-electron chi connectivity index (χ1n) is 6.25. The van der Waals surface area contributed by atoms with E-state index in [-0.39, 0.29) is 18.2 Å². The minimum absolute atomic E-state index is 0.0825. The summed E-state index contributed by atoms with van der Waals surface area (Å²) < 4.78 is 6.45. The summed E-state index contributed by atoms with van der Waals surface area (Å²) >= 11 is 5.87. The number of halogens is 1. The molecule has 0 aliphatic rings. The zero-order valence-electron chi connectivity index (χ0n) is 11.4. The number of fused-ring (bicyclic) bond motifs is 1. The fourth-order valence-corrected chi connectivity index (χ4v) is 2.19. The summed E-state index contributed by atoms with van der Waals surface area (Å²) in [5.74, 6) is 0.484. The van der Waals surface area contributed by atoms with Crippen molar-refractivity contribution in [3.63, 3.8) is 0 Å². The normalized spacial score (nSPS) is 10.8. The minimum Gasteiger partial charge on any atom is -0.465 e. The van der Waals surface area contributed by atoms with E-state index < -0.39 is 5.97 Å². The third-order valence-corrected chi connectivity index (χ3v) is 3.34. The van der Waals surface area contributed by atoms with E-state index in [1.165, 1.54) is 7.11 Å². The average molecular weight is 295 g/mol. The van der Waals surface area contributed by atoms with Crippen LogP contribution in [0.3, 0.4) is 0 Å². The molecule has 0 N–H and O–H groups in total. The van der Waals surface area contributed by atoms with Gasteiger partial charge in [-0.05, 0) is 18.2 Å². The number of ether oxygens (including phenoxy) is 1. The minimum atomic E-state index is -0.422. The first-order chi connectivity index (χ1) is 9.60. The predicted molar refractivity (Wildman–Crippen MR) is 75.9 cm³/mol. The van der Waals surface area contributed by atoms with Crippen LogP contribution in [0, 0.1) is 0 Å². The number of hydrogen-bond acceptors (Lipinski definition) is 4. The fraction of sp³-hybridized carbons (Fsp3) is 0.357. The number of methoxy groups -OCH3 is 1. The van der Waals surface area contributed by atoms with Crippen molar-refractivity contribution in [2.75, 3.05) is 7.11 Å². The lowest BCUT2D eigenvalue weighted by atomic mass is 10.2. The first kappa shape index (κ1) is 14.5.